The number of hydrogen-bond acceptors (Lipinski definition) is 2. The first-order valence-corrected chi connectivity index (χ1v) is 7.27. The highest BCUT2D eigenvalue weighted by Gasteiger charge is 2.39. The SMILES string of the molecule is CN(CC1CC2CCC1C2)c1ccccc1CN. The summed E-state index contributed by atoms with van der Waals surface area (Å²) in [6, 6.07) is 8.55. The quantitative estimate of drug-likeness (QED) is 0.882. The summed E-state index contributed by atoms with van der Waals surface area (Å²) < 4.78 is 0. The van der Waals surface area contributed by atoms with E-state index in [1.807, 2.05) is 0 Å². The maximum atomic E-state index is 5.83. The van der Waals surface area contributed by atoms with Crippen LogP contribution in [0.4, 0.5) is 5.69 Å². The van der Waals surface area contributed by atoms with Gasteiger partial charge < -0.3 is 10.6 Å². The van der Waals surface area contributed by atoms with E-state index in [1.165, 1.54) is 43.5 Å². The highest BCUT2D eigenvalue weighted by Crippen LogP contribution is 2.48. The van der Waals surface area contributed by atoms with E-state index in [0.717, 1.165) is 17.8 Å². The lowest BCUT2D eigenvalue weighted by Crippen LogP contribution is -2.29. The van der Waals surface area contributed by atoms with E-state index in [4.69, 9.17) is 5.73 Å². The van der Waals surface area contributed by atoms with Crippen LogP contribution in [-0.2, 0) is 6.54 Å². The lowest BCUT2D eigenvalue weighted by atomic mass is 9.88. The molecule has 2 aliphatic carbocycles. The van der Waals surface area contributed by atoms with Crippen LogP contribution < -0.4 is 10.6 Å². The third-order valence-electron chi connectivity index (χ3n) is 5.02. The standard InChI is InChI=1S/C16H24N2/c1-18(16-5-3-2-4-14(16)10-17)11-15-9-12-6-7-13(15)8-12/h2-5,12-13,15H,6-11,17H2,1H3. The average molecular weight is 244 g/mol. The normalized spacial score (nSPS) is 29.8. The topological polar surface area (TPSA) is 29.3 Å². The molecule has 2 saturated carbocycles. The van der Waals surface area contributed by atoms with Crippen LogP contribution in [0, 0.1) is 17.8 Å². The van der Waals surface area contributed by atoms with E-state index < -0.39 is 0 Å². The molecule has 2 heteroatoms. The summed E-state index contributed by atoms with van der Waals surface area (Å²) in [4.78, 5) is 2.42. The van der Waals surface area contributed by atoms with Crippen molar-refractivity contribution in [2.24, 2.45) is 23.5 Å². The lowest BCUT2D eigenvalue weighted by Gasteiger charge is -2.29. The van der Waals surface area contributed by atoms with E-state index in [2.05, 4.69) is 36.2 Å². The van der Waals surface area contributed by atoms with Gasteiger partial charge in [0.2, 0.25) is 0 Å². The summed E-state index contributed by atoms with van der Waals surface area (Å²) in [5.41, 5.74) is 8.42. The molecule has 2 bridgehead atoms. The van der Waals surface area contributed by atoms with Crippen LogP contribution in [0.2, 0.25) is 0 Å². The molecule has 0 aliphatic heterocycles. The van der Waals surface area contributed by atoms with Crippen molar-refractivity contribution in [3.63, 3.8) is 0 Å². The second kappa shape index (κ2) is 4.93. The van der Waals surface area contributed by atoms with Crippen LogP contribution >= 0.6 is 0 Å². The number of rotatable bonds is 4. The first kappa shape index (κ1) is 12.0. The molecule has 3 unspecified atom stereocenters. The molecule has 0 radical (unpaired) electrons. The highest BCUT2D eigenvalue weighted by molar-refractivity contribution is 5.53. The predicted octanol–water partition coefficient (Wildman–Crippen LogP) is 3.02. The largest absolute Gasteiger partial charge is 0.374 e. The maximum absolute atomic E-state index is 5.83. The van der Waals surface area contributed by atoms with Crippen LogP contribution in [0.3, 0.4) is 0 Å². The van der Waals surface area contributed by atoms with Crippen molar-refractivity contribution in [3.05, 3.63) is 29.8 Å². The molecule has 3 atom stereocenters. The molecule has 1 aromatic rings. The number of nitrogens with zero attached hydrogens (tertiary/aromatic N) is 1. The molecule has 0 saturated heterocycles. The van der Waals surface area contributed by atoms with Gasteiger partial charge >= 0.3 is 0 Å². The number of hydrogen-bond donors (Lipinski definition) is 1. The molecular formula is C16H24N2. The Morgan fingerprint density at radius 3 is 2.72 bits per heavy atom. The molecule has 3 rings (SSSR count). The van der Waals surface area contributed by atoms with Crippen molar-refractivity contribution in [1.82, 2.24) is 0 Å². The van der Waals surface area contributed by atoms with Gasteiger partial charge in [-0.15, -0.1) is 0 Å². The van der Waals surface area contributed by atoms with Crippen molar-refractivity contribution in [2.75, 3.05) is 18.5 Å². The molecule has 0 spiro atoms. The number of nitrogens with two attached hydrogens (primary N) is 1. The van der Waals surface area contributed by atoms with Gasteiger partial charge in [0.05, 0.1) is 0 Å². The lowest BCUT2D eigenvalue weighted by molar-refractivity contribution is 0.337. The molecule has 0 aromatic heterocycles. The molecule has 98 valence electrons. The Balaban J connectivity index is 1.69. The fourth-order valence-corrected chi connectivity index (χ4v) is 4.11. The van der Waals surface area contributed by atoms with Crippen molar-refractivity contribution in [2.45, 2.75) is 32.2 Å². The number of anilines is 1. The zero-order valence-electron chi connectivity index (χ0n) is 11.3. The van der Waals surface area contributed by atoms with E-state index in [9.17, 15) is 0 Å². The minimum Gasteiger partial charge on any atom is -0.374 e. The van der Waals surface area contributed by atoms with E-state index in [-0.39, 0.29) is 0 Å². The Morgan fingerprint density at radius 2 is 2.06 bits per heavy atom. The molecule has 18 heavy (non-hydrogen) atoms. The Hall–Kier alpha value is -1.02. The molecule has 0 heterocycles. The van der Waals surface area contributed by atoms with Crippen LogP contribution in [0.25, 0.3) is 0 Å². The number of fused-ring (bicyclic) bond motifs is 2. The van der Waals surface area contributed by atoms with Crippen molar-refractivity contribution >= 4 is 5.69 Å². The molecule has 0 amide bonds. The predicted molar refractivity (Wildman–Crippen MR) is 76.5 cm³/mol. The van der Waals surface area contributed by atoms with Crippen LogP contribution in [0.5, 0.6) is 0 Å². The smallest absolute Gasteiger partial charge is 0.0409 e. The van der Waals surface area contributed by atoms with Crippen LogP contribution in [-0.4, -0.2) is 13.6 Å². The summed E-state index contributed by atoms with van der Waals surface area (Å²) in [7, 11) is 2.22. The van der Waals surface area contributed by atoms with Gasteiger partial charge in [0.1, 0.15) is 0 Å². The van der Waals surface area contributed by atoms with Gasteiger partial charge in [0, 0.05) is 25.8 Å². The number of para-hydroxylation sites is 1. The Bertz CT molecular complexity index is 415. The fourth-order valence-electron chi connectivity index (χ4n) is 4.11. The van der Waals surface area contributed by atoms with Gasteiger partial charge in [0.15, 0.2) is 0 Å². The zero-order chi connectivity index (χ0) is 12.5. The van der Waals surface area contributed by atoms with Crippen LogP contribution in [0.15, 0.2) is 24.3 Å². The molecule has 1 aromatic carbocycles. The molecule has 2 aliphatic rings. The Morgan fingerprint density at radius 1 is 1.22 bits per heavy atom. The first-order valence-electron chi connectivity index (χ1n) is 7.27. The van der Waals surface area contributed by atoms with Gasteiger partial charge in [-0.1, -0.05) is 24.6 Å². The third-order valence-corrected chi connectivity index (χ3v) is 5.02. The van der Waals surface area contributed by atoms with Crippen molar-refractivity contribution in [1.29, 1.82) is 0 Å². The van der Waals surface area contributed by atoms with Gasteiger partial charge in [-0.05, 0) is 48.6 Å². The first-order chi connectivity index (χ1) is 8.78. The average Bonchev–Trinajstić information content (AvgIpc) is 3.01. The van der Waals surface area contributed by atoms with Crippen LogP contribution in [0.1, 0.15) is 31.2 Å². The van der Waals surface area contributed by atoms with Gasteiger partial charge in [-0.2, -0.15) is 0 Å². The fraction of sp³-hybridized carbons (Fsp3) is 0.625. The summed E-state index contributed by atoms with van der Waals surface area (Å²) in [6.45, 7) is 1.84. The second-order valence-corrected chi connectivity index (χ2v) is 6.15. The number of benzene rings is 1. The summed E-state index contributed by atoms with van der Waals surface area (Å²) in [5, 5.41) is 0. The van der Waals surface area contributed by atoms with Crippen molar-refractivity contribution < 1.29 is 0 Å². The van der Waals surface area contributed by atoms with E-state index in [1.54, 1.807) is 0 Å². The second-order valence-electron chi connectivity index (χ2n) is 6.15. The van der Waals surface area contributed by atoms with E-state index in [0.29, 0.717) is 6.54 Å². The third kappa shape index (κ3) is 2.14. The van der Waals surface area contributed by atoms with Gasteiger partial charge in [-0.25, -0.2) is 0 Å². The van der Waals surface area contributed by atoms with Crippen molar-refractivity contribution in [3.8, 4) is 0 Å². The van der Waals surface area contributed by atoms with Gasteiger partial charge in [0.25, 0.3) is 0 Å². The maximum Gasteiger partial charge on any atom is 0.0409 e. The minimum absolute atomic E-state index is 0.636. The van der Waals surface area contributed by atoms with Gasteiger partial charge in [-0.3, -0.25) is 0 Å². The summed E-state index contributed by atoms with van der Waals surface area (Å²) >= 11 is 0. The molecule has 2 nitrogen and oxygen atoms in total. The summed E-state index contributed by atoms with van der Waals surface area (Å²) in [6.07, 6.45) is 5.92. The monoisotopic (exact) mass is 244 g/mol. The van der Waals surface area contributed by atoms with E-state index >= 15 is 0 Å². The Labute approximate surface area is 110 Å². The minimum atomic E-state index is 0.636. The zero-order valence-corrected chi connectivity index (χ0v) is 11.3. The molecule has 2 fully saturated rings. The highest BCUT2D eigenvalue weighted by atomic mass is 15.1. The Kier molecular flexibility index (Phi) is 3.29. The molecule has 2 N–H and O–H groups in total. The molecular weight excluding hydrogens is 220 g/mol. The summed E-state index contributed by atoms with van der Waals surface area (Å²) in [5.74, 6) is 2.96.